The van der Waals surface area contributed by atoms with Crippen LogP contribution in [0.25, 0.3) is 0 Å². The van der Waals surface area contributed by atoms with Crippen molar-refractivity contribution in [1.82, 2.24) is 0 Å². The van der Waals surface area contributed by atoms with Crippen LogP contribution in [0, 0.1) is 11.7 Å². The van der Waals surface area contributed by atoms with Gasteiger partial charge in [0.1, 0.15) is 12.4 Å². The van der Waals surface area contributed by atoms with E-state index in [4.69, 9.17) is 15.2 Å². The maximum Gasteiger partial charge on any atom is 0.250 e. The van der Waals surface area contributed by atoms with Crippen LogP contribution in [0.4, 0.5) is 15.8 Å². The van der Waals surface area contributed by atoms with Gasteiger partial charge in [0.25, 0.3) is 0 Å². The fraction of sp³-hybridized carbons (Fsp3) is 0.462. The van der Waals surface area contributed by atoms with E-state index in [1.807, 2.05) is 0 Å². The summed E-state index contributed by atoms with van der Waals surface area (Å²) in [5.41, 5.74) is 5.98. The summed E-state index contributed by atoms with van der Waals surface area (Å²) in [5, 5.41) is 2.43. The number of rotatable bonds is 5. The molecule has 1 fully saturated rings. The molecule has 3 N–H and O–H groups in total. The number of carbonyl (C=O) groups is 1. The number of hydrogen-bond acceptors (Lipinski definition) is 4. The molecule has 1 unspecified atom stereocenters. The van der Waals surface area contributed by atoms with Crippen LogP contribution in [-0.2, 0) is 14.3 Å². The van der Waals surface area contributed by atoms with Gasteiger partial charge >= 0.3 is 0 Å². The van der Waals surface area contributed by atoms with Gasteiger partial charge in [-0.1, -0.05) is 0 Å². The molecular weight excluding hydrogens is 251 g/mol. The van der Waals surface area contributed by atoms with E-state index in [1.165, 1.54) is 18.2 Å². The predicted molar refractivity (Wildman–Crippen MR) is 69.2 cm³/mol. The molecule has 0 aromatic heterocycles. The van der Waals surface area contributed by atoms with Crippen LogP contribution in [0.5, 0.6) is 0 Å². The van der Waals surface area contributed by atoms with Crippen LogP contribution in [-0.4, -0.2) is 32.3 Å². The van der Waals surface area contributed by atoms with Crippen LogP contribution in [0.1, 0.15) is 6.42 Å². The number of carbonyl (C=O) groups excluding carboxylic acids is 1. The molecule has 0 radical (unpaired) electrons. The highest BCUT2D eigenvalue weighted by Crippen LogP contribution is 2.17. The minimum atomic E-state index is -0.522. The Labute approximate surface area is 110 Å². The van der Waals surface area contributed by atoms with Crippen LogP contribution >= 0.6 is 0 Å². The Balaban J connectivity index is 1.75. The van der Waals surface area contributed by atoms with E-state index in [-0.39, 0.29) is 12.3 Å². The average Bonchev–Trinajstić information content (AvgIpc) is 2.87. The first kappa shape index (κ1) is 13.8. The first-order valence-electron chi connectivity index (χ1n) is 6.15. The topological polar surface area (TPSA) is 73.6 Å². The lowest BCUT2D eigenvalue weighted by molar-refractivity contribution is -0.121. The van der Waals surface area contributed by atoms with Crippen molar-refractivity contribution in [3.63, 3.8) is 0 Å². The number of anilines is 2. The van der Waals surface area contributed by atoms with Gasteiger partial charge in [-0.05, 0) is 24.6 Å². The van der Waals surface area contributed by atoms with Crippen molar-refractivity contribution >= 4 is 17.3 Å². The van der Waals surface area contributed by atoms with Crippen LogP contribution in [0.15, 0.2) is 18.2 Å². The van der Waals surface area contributed by atoms with Crippen LogP contribution < -0.4 is 11.1 Å². The Hall–Kier alpha value is -1.66. The minimum Gasteiger partial charge on any atom is -0.399 e. The second-order valence-electron chi connectivity index (χ2n) is 4.53. The molecule has 104 valence electrons. The smallest absolute Gasteiger partial charge is 0.250 e. The highest BCUT2D eigenvalue weighted by Gasteiger charge is 2.16. The Morgan fingerprint density at radius 3 is 3.16 bits per heavy atom. The zero-order chi connectivity index (χ0) is 13.7. The molecular formula is C13H17FN2O3. The molecule has 1 atom stereocenters. The van der Waals surface area contributed by atoms with Gasteiger partial charge < -0.3 is 20.5 Å². The lowest BCUT2D eigenvalue weighted by atomic mass is 10.1. The monoisotopic (exact) mass is 268 g/mol. The van der Waals surface area contributed by atoms with E-state index < -0.39 is 11.7 Å². The Morgan fingerprint density at radius 1 is 1.58 bits per heavy atom. The largest absolute Gasteiger partial charge is 0.399 e. The van der Waals surface area contributed by atoms with Gasteiger partial charge in [0.2, 0.25) is 5.91 Å². The molecule has 1 aromatic rings. The number of amides is 1. The summed E-state index contributed by atoms with van der Waals surface area (Å²) in [6, 6.07) is 4.02. The minimum absolute atomic E-state index is 0.0674. The average molecular weight is 268 g/mol. The lowest BCUT2D eigenvalue weighted by Gasteiger charge is -2.10. The SMILES string of the molecule is Nc1ccc(F)c(NC(=O)COCC2CCOC2)c1. The van der Waals surface area contributed by atoms with E-state index in [2.05, 4.69) is 5.32 Å². The molecule has 0 saturated carbocycles. The number of ether oxygens (including phenoxy) is 2. The summed E-state index contributed by atoms with van der Waals surface area (Å²) in [4.78, 5) is 11.6. The highest BCUT2D eigenvalue weighted by atomic mass is 19.1. The van der Waals surface area contributed by atoms with E-state index in [0.29, 0.717) is 24.8 Å². The standard InChI is InChI=1S/C13H17FN2O3/c14-11-2-1-10(15)5-12(11)16-13(17)8-19-7-9-3-4-18-6-9/h1-2,5,9H,3-4,6-8,15H2,(H,16,17). The normalized spacial score (nSPS) is 18.5. The predicted octanol–water partition coefficient (Wildman–Crippen LogP) is 1.40. The quantitative estimate of drug-likeness (QED) is 0.792. The van der Waals surface area contributed by atoms with Crippen molar-refractivity contribution in [2.45, 2.75) is 6.42 Å². The molecule has 1 aliphatic heterocycles. The first-order chi connectivity index (χ1) is 9.15. The molecule has 2 rings (SSSR count). The lowest BCUT2D eigenvalue weighted by Crippen LogP contribution is -2.21. The van der Waals surface area contributed by atoms with Crippen molar-refractivity contribution in [1.29, 1.82) is 0 Å². The Kier molecular flexibility index (Phi) is 4.70. The number of halogens is 1. The van der Waals surface area contributed by atoms with Gasteiger partial charge in [-0.25, -0.2) is 4.39 Å². The number of nitrogens with two attached hydrogens (primary N) is 1. The molecule has 0 bridgehead atoms. The van der Waals surface area contributed by atoms with Crippen molar-refractivity contribution < 1.29 is 18.7 Å². The molecule has 0 spiro atoms. The first-order valence-corrected chi connectivity index (χ1v) is 6.15. The summed E-state index contributed by atoms with van der Waals surface area (Å²) in [6.07, 6.45) is 0.950. The number of nitrogen functional groups attached to an aromatic ring is 1. The van der Waals surface area contributed by atoms with Crippen molar-refractivity contribution in [2.24, 2.45) is 5.92 Å². The zero-order valence-corrected chi connectivity index (χ0v) is 10.5. The fourth-order valence-electron chi connectivity index (χ4n) is 1.86. The van der Waals surface area contributed by atoms with E-state index in [0.717, 1.165) is 13.0 Å². The summed E-state index contributed by atoms with van der Waals surface area (Å²) >= 11 is 0. The van der Waals surface area contributed by atoms with E-state index in [9.17, 15) is 9.18 Å². The van der Waals surface area contributed by atoms with Crippen molar-refractivity contribution in [3.05, 3.63) is 24.0 Å². The third-order valence-electron chi connectivity index (χ3n) is 2.88. The molecule has 1 aliphatic rings. The molecule has 19 heavy (non-hydrogen) atoms. The van der Waals surface area contributed by atoms with Crippen LogP contribution in [0.3, 0.4) is 0 Å². The van der Waals surface area contributed by atoms with Crippen molar-refractivity contribution in [2.75, 3.05) is 37.5 Å². The molecule has 1 amide bonds. The highest BCUT2D eigenvalue weighted by molar-refractivity contribution is 5.92. The van der Waals surface area contributed by atoms with Gasteiger partial charge in [0.15, 0.2) is 0 Å². The van der Waals surface area contributed by atoms with Gasteiger partial charge in [0, 0.05) is 18.2 Å². The fourth-order valence-corrected chi connectivity index (χ4v) is 1.86. The number of benzene rings is 1. The van der Waals surface area contributed by atoms with Gasteiger partial charge in [-0.3, -0.25) is 4.79 Å². The number of nitrogens with one attached hydrogen (secondary N) is 1. The second-order valence-corrected chi connectivity index (χ2v) is 4.53. The third kappa shape index (κ3) is 4.18. The Bertz CT molecular complexity index is 448. The summed E-state index contributed by atoms with van der Waals surface area (Å²) in [6.45, 7) is 1.79. The van der Waals surface area contributed by atoms with Crippen LogP contribution in [0.2, 0.25) is 0 Å². The molecule has 0 aliphatic carbocycles. The van der Waals surface area contributed by atoms with E-state index >= 15 is 0 Å². The van der Waals surface area contributed by atoms with Gasteiger partial charge in [0.05, 0.1) is 18.9 Å². The molecule has 1 heterocycles. The van der Waals surface area contributed by atoms with Gasteiger partial charge in [-0.15, -0.1) is 0 Å². The third-order valence-corrected chi connectivity index (χ3v) is 2.88. The summed E-state index contributed by atoms with van der Waals surface area (Å²) in [7, 11) is 0. The Morgan fingerprint density at radius 2 is 2.42 bits per heavy atom. The summed E-state index contributed by atoms with van der Waals surface area (Å²) in [5.74, 6) is -0.577. The molecule has 1 aromatic carbocycles. The van der Waals surface area contributed by atoms with Gasteiger partial charge in [-0.2, -0.15) is 0 Å². The zero-order valence-electron chi connectivity index (χ0n) is 10.5. The molecule has 5 nitrogen and oxygen atoms in total. The van der Waals surface area contributed by atoms with E-state index in [1.54, 1.807) is 0 Å². The summed E-state index contributed by atoms with van der Waals surface area (Å²) < 4.78 is 23.8. The van der Waals surface area contributed by atoms with Crippen molar-refractivity contribution in [3.8, 4) is 0 Å². The maximum atomic E-state index is 13.4. The molecule has 6 heteroatoms. The number of hydrogen-bond donors (Lipinski definition) is 2. The molecule has 1 saturated heterocycles. The maximum absolute atomic E-state index is 13.4. The second kappa shape index (κ2) is 6.49.